The number of amides is 3. The number of nitrogens with one attached hydrogen (secondary N) is 1. The number of anilines is 1. The molecule has 146 valence electrons. The Bertz CT molecular complexity index is 786. The van der Waals surface area contributed by atoms with Gasteiger partial charge in [-0.05, 0) is 25.8 Å². The second kappa shape index (κ2) is 9.28. The number of aliphatic imine (C=N–C) groups is 1. The van der Waals surface area contributed by atoms with Crippen molar-refractivity contribution in [1.82, 2.24) is 9.88 Å². The van der Waals surface area contributed by atoms with Gasteiger partial charge >= 0.3 is 6.03 Å². The van der Waals surface area contributed by atoms with E-state index >= 15 is 0 Å². The van der Waals surface area contributed by atoms with Crippen LogP contribution in [0.5, 0.6) is 0 Å². The first-order valence-corrected chi connectivity index (χ1v) is 9.18. The number of nitrogens with zero attached hydrogens (tertiary/aromatic N) is 3. The molecule has 3 amide bonds. The Morgan fingerprint density at radius 2 is 2.26 bits per heavy atom. The van der Waals surface area contributed by atoms with E-state index in [0.717, 1.165) is 11.3 Å². The summed E-state index contributed by atoms with van der Waals surface area (Å²) in [5.74, 6) is -0.192. The molecule has 1 saturated heterocycles. The predicted octanol–water partition coefficient (Wildman–Crippen LogP) is 1.46. The molecule has 0 radical (unpaired) electrons. The molecule has 0 aliphatic carbocycles. The Morgan fingerprint density at radius 1 is 1.52 bits per heavy atom. The van der Waals surface area contributed by atoms with Crippen LogP contribution in [0.15, 0.2) is 23.7 Å². The molecule has 1 aromatic rings. The molecule has 9 nitrogen and oxygen atoms in total. The summed E-state index contributed by atoms with van der Waals surface area (Å²) in [6, 6.07) is -0.978. The highest BCUT2D eigenvalue weighted by atomic mass is 32.1. The number of aryl methyl sites for hydroxylation is 1. The van der Waals surface area contributed by atoms with Crippen molar-refractivity contribution in [2.45, 2.75) is 25.8 Å². The molecule has 2 rings (SSSR count). The number of urea groups is 1. The molecular weight excluding hydrogens is 368 g/mol. The Labute approximate surface area is 161 Å². The maximum absolute atomic E-state index is 12.5. The monoisotopic (exact) mass is 392 g/mol. The smallest absolute Gasteiger partial charge is 0.324 e. The van der Waals surface area contributed by atoms with Crippen LogP contribution in [0.2, 0.25) is 0 Å². The van der Waals surface area contributed by atoms with Gasteiger partial charge in [-0.25, -0.2) is 14.8 Å². The lowest BCUT2D eigenvalue weighted by Gasteiger charge is -2.21. The average molecular weight is 392 g/mol. The van der Waals surface area contributed by atoms with Crippen molar-refractivity contribution < 1.29 is 14.3 Å². The number of hydrogen-bond donors (Lipinski definition) is 3. The van der Waals surface area contributed by atoms with Gasteiger partial charge in [0.1, 0.15) is 18.5 Å². The third-order valence-electron chi connectivity index (χ3n) is 3.92. The van der Waals surface area contributed by atoms with Gasteiger partial charge in [-0.1, -0.05) is 24.0 Å². The number of nitrogens with two attached hydrogens (primary N) is 2. The first kappa shape index (κ1) is 20.6. The lowest BCUT2D eigenvalue weighted by atomic mass is 10.2. The van der Waals surface area contributed by atoms with Crippen molar-refractivity contribution in [2.75, 3.05) is 25.6 Å². The van der Waals surface area contributed by atoms with Crippen LogP contribution >= 0.6 is 11.3 Å². The van der Waals surface area contributed by atoms with Crippen LogP contribution in [0, 0.1) is 6.92 Å². The van der Waals surface area contributed by atoms with Crippen molar-refractivity contribution >= 4 is 39.9 Å². The molecule has 2 heterocycles. The number of methoxy groups -OCH3 is 1. The van der Waals surface area contributed by atoms with Crippen LogP contribution in [-0.2, 0) is 9.53 Å². The van der Waals surface area contributed by atoms with E-state index in [2.05, 4.69) is 21.9 Å². The van der Waals surface area contributed by atoms with Gasteiger partial charge in [-0.3, -0.25) is 10.1 Å². The van der Waals surface area contributed by atoms with Gasteiger partial charge in [0.05, 0.1) is 16.3 Å². The fraction of sp³-hybridized carbons (Fsp3) is 0.412. The van der Waals surface area contributed by atoms with Crippen molar-refractivity contribution in [3.63, 3.8) is 0 Å². The minimum atomic E-state index is -0.583. The van der Waals surface area contributed by atoms with E-state index < -0.39 is 18.0 Å². The Balaban J connectivity index is 2.21. The zero-order chi connectivity index (χ0) is 20.0. The molecule has 10 heteroatoms. The zero-order valence-corrected chi connectivity index (χ0v) is 16.2. The fourth-order valence-corrected chi connectivity index (χ4v) is 3.69. The Hall–Kier alpha value is -2.72. The molecule has 1 aliphatic rings. The highest BCUT2D eigenvalue weighted by Gasteiger charge is 2.33. The zero-order valence-electron chi connectivity index (χ0n) is 15.4. The van der Waals surface area contributed by atoms with E-state index in [1.807, 2.05) is 6.92 Å². The van der Waals surface area contributed by atoms with Gasteiger partial charge in [0.25, 0.3) is 0 Å². The van der Waals surface area contributed by atoms with Crippen molar-refractivity contribution in [2.24, 2.45) is 16.5 Å². The molecule has 5 N–H and O–H groups in total. The first-order valence-electron chi connectivity index (χ1n) is 8.36. The standard InChI is InChI=1S/C17H24N6O3S/c1-4-6-11(21-13(18)9-26-3)14-10(2)20-16(27-14)22-17(25)23-8-5-7-12(23)15(19)24/h4,6,12H,1,5,7-9H2,2-3H3,(H2,18,21)(H2,19,24)(H,20,22,25)/b11-6-/t12-/m0/s1. The van der Waals surface area contributed by atoms with Gasteiger partial charge in [0, 0.05) is 13.7 Å². The number of amidine groups is 1. The molecule has 0 aromatic carbocycles. The summed E-state index contributed by atoms with van der Waals surface area (Å²) >= 11 is 1.26. The number of allylic oxidation sites excluding steroid dienone is 2. The molecule has 1 aliphatic heterocycles. The van der Waals surface area contributed by atoms with Crippen molar-refractivity contribution in [3.8, 4) is 0 Å². The van der Waals surface area contributed by atoms with Crippen LogP contribution in [0.4, 0.5) is 9.93 Å². The number of primary amides is 1. The van der Waals surface area contributed by atoms with Gasteiger partial charge in [-0.15, -0.1) is 0 Å². The number of rotatable bonds is 7. The molecule has 1 atom stereocenters. The maximum atomic E-state index is 12.5. The third kappa shape index (κ3) is 5.14. The highest BCUT2D eigenvalue weighted by molar-refractivity contribution is 7.17. The fourth-order valence-electron chi connectivity index (χ4n) is 2.77. The van der Waals surface area contributed by atoms with Crippen LogP contribution in [-0.4, -0.2) is 54.0 Å². The summed E-state index contributed by atoms with van der Waals surface area (Å²) in [7, 11) is 1.53. The number of thiazole rings is 1. The molecule has 27 heavy (non-hydrogen) atoms. The molecule has 1 fully saturated rings. The van der Waals surface area contributed by atoms with Crippen molar-refractivity contribution in [3.05, 3.63) is 29.3 Å². The molecule has 0 bridgehead atoms. The summed E-state index contributed by atoms with van der Waals surface area (Å²) in [6.45, 7) is 6.17. The van der Waals surface area contributed by atoms with E-state index in [0.29, 0.717) is 35.3 Å². The molecule has 0 saturated carbocycles. The summed E-state index contributed by atoms with van der Waals surface area (Å²) < 4.78 is 4.97. The lowest BCUT2D eigenvalue weighted by Crippen LogP contribution is -2.45. The van der Waals surface area contributed by atoms with E-state index in [1.165, 1.54) is 23.3 Å². The number of ether oxygens (including phenoxy) is 1. The number of carbonyl (C=O) groups is 2. The third-order valence-corrected chi connectivity index (χ3v) is 5.01. The van der Waals surface area contributed by atoms with E-state index in [-0.39, 0.29) is 6.61 Å². The Kier molecular flexibility index (Phi) is 7.08. The molecular formula is C17H24N6O3S. The molecule has 0 spiro atoms. The van der Waals surface area contributed by atoms with Crippen LogP contribution in [0.3, 0.4) is 0 Å². The quantitative estimate of drug-likeness (QED) is 0.367. The van der Waals surface area contributed by atoms with Crippen molar-refractivity contribution in [1.29, 1.82) is 0 Å². The summed E-state index contributed by atoms with van der Waals surface area (Å²) in [5.41, 5.74) is 12.5. The van der Waals surface area contributed by atoms with Gasteiger partial charge in [-0.2, -0.15) is 0 Å². The molecule has 1 aromatic heterocycles. The van der Waals surface area contributed by atoms with Crippen LogP contribution in [0.25, 0.3) is 5.70 Å². The SMILES string of the molecule is C=C/C=C(\N=C(/N)COC)c1sc(NC(=O)N2CCC[C@H]2C(N)=O)nc1C. The van der Waals surface area contributed by atoms with Crippen LogP contribution in [0.1, 0.15) is 23.4 Å². The van der Waals surface area contributed by atoms with E-state index in [9.17, 15) is 9.59 Å². The number of aromatic nitrogens is 1. The minimum Gasteiger partial charge on any atom is -0.385 e. The minimum absolute atomic E-state index is 0.194. The first-order chi connectivity index (χ1) is 12.9. The van der Waals surface area contributed by atoms with Gasteiger partial charge in [0.15, 0.2) is 5.13 Å². The second-order valence-electron chi connectivity index (χ2n) is 5.94. The predicted molar refractivity (Wildman–Crippen MR) is 106 cm³/mol. The molecule has 0 unspecified atom stereocenters. The van der Waals surface area contributed by atoms with Crippen LogP contribution < -0.4 is 16.8 Å². The summed E-state index contributed by atoms with van der Waals surface area (Å²) in [5, 5.41) is 3.14. The number of likely N-dealkylation sites (tertiary alicyclic amines) is 1. The largest absolute Gasteiger partial charge is 0.385 e. The van der Waals surface area contributed by atoms with E-state index in [4.69, 9.17) is 16.2 Å². The summed E-state index contributed by atoms with van der Waals surface area (Å²) in [6.07, 6.45) is 4.61. The van der Waals surface area contributed by atoms with Gasteiger partial charge < -0.3 is 21.1 Å². The normalized spacial score (nSPS) is 17.9. The second-order valence-corrected chi connectivity index (χ2v) is 6.94. The summed E-state index contributed by atoms with van der Waals surface area (Å²) in [4.78, 5) is 34.9. The lowest BCUT2D eigenvalue weighted by molar-refractivity contribution is -0.121. The highest BCUT2D eigenvalue weighted by Crippen LogP contribution is 2.31. The number of carbonyl (C=O) groups excluding carboxylic acids is 2. The average Bonchev–Trinajstić information content (AvgIpc) is 3.21. The Morgan fingerprint density at radius 3 is 2.89 bits per heavy atom. The number of hydrogen-bond acceptors (Lipinski definition) is 6. The maximum Gasteiger partial charge on any atom is 0.324 e. The van der Waals surface area contributed by atoms with Gasteiger partial charge in [0.2, 0.25) is 5.91 Å². The topological polar surface area (TPSA) is 136 Å². The van der Waals surface area contributed by atoms with E-state index in [1.54, 1.807) is 12.2 Å².